The van der Waals surface area contributed by atoms with E-state index in [0.29, 0.717) is 24.0 Å². The molecule has 3 heterocycles. The van der Waals surface area contributed by atoms with Gasteiger partial charge in [0.15, 0.2) is 0 Å². The Morgan fingerprint density at radius 2 is 2.08 bits per heavy atom. The van der Waals surface area contributed by atoms with Gasteiger partial charge in [0.1, 0.15) is 6.10 Å². The highest BCUT2D eigenvalue weighted by atomic mass is 16.6. The van der Waals surface area contributed by atoms with E-state index in [1.165, 1.54) is 0 Å². The van der Waals surface area contributed by atoms with Gasteiger partial charge in [-0.1, -0.05) is 18.2 Å². The van der Waals surface area contributed by atoms with E-state index in [-0.39, 0.29) is 29.7 Å². The number of fused-ring (bicyclic) bond motifs is 3. The third-order valence-electron chi connectivity index (χ3n) is 5.64. The van der Waals surface area contributed by atoms with E-state index in [4.69, 9.17) is 9.47 Å². The third kappa shape index (κ3) is 3.71. The summed E-state index contributed by atoms with van der Waals surface area (Å²) in [6, 6.07) is 0. The summed E-state index contributed by atoms with van der Waals surface area (Å²) in [6.45, 7) is 7.94. The van der Waals surface area contributed by atoms with Crippen LogP contribution in [0.4, 0.5) is 0 Å². The summed E-state index contributed by atoms with van der Waals surface area (Å²) < 4.78 is 11.6. The van der Waals surface area contributed by atoms with Crippen molar-refractivity contribution < 1.29 is 24.2 Å². The van der Waals surface area contributed by atoms with Gasteiger partial charge in [-0.25, -0.2) is 9.59 Å². The van der Waals surface area contributed by atoms with Crippen molar-refractivity contribution in [1.29, 1.82) is 0 Å². The van der Waals surface area contributed by atoms with Gasteiger partial charge in [-0.05, 0) is 58.4 Å². The topological polar surface area (TPSA) is 72.8 Å². The molecular weight excluding hydrogens is 320 g/mol. The molecule has 25 heavy (non-hydrogen) atoms. The van der Waals surface area contributed by atoms with E-state index < -0.39 is 5.97 Å². The normalized spacial score (nSPS) is 36.3. The molecule has 0 saturated carbocycles. The van der Waals surface area contributed by atoms with Gasteiger partial charge in [-0.3, -0.25) is 0 Å². The number of carbonyl (C=O) groups is 2. The van der Waals surface area contributed by atoms with Gasteiger partial charge < -0.3 is 14.6 Å². The van der Waals surface area contributed by atoms with E-state index in [2.05, 4.69) is 6.58 Å². The fourth-order valence-corrected chi connectivity index (χ4v) is 4.06. The van der Waals surface area contributed by atoms with Gasteiger partial charge in [0.25, 0.3) is 0 Å². The van der Waals surface area contributed by atoms with Crippen molar-refractivity contribution in [3.63, 3.8) is 0 Å². The number of carboxylic acids is 1. The summed E-state index contributed by atoms with van der Waals surface area (Å²) in [6.07, 6.45) is 7.54. The molecule has 0 aromatic rings. The zero-order valence-corrected chi connectivity index (χ0v) is 14.9. The quantitative estimate of drug-likeness (QED) is 0.446. The van der Waals surface area contributed by atoms with Crippen LogP contribution in [0.1, 0.15) is 52.4 Å². The maximum Gasteiger partial charge on any atom is 0.334 e. The Morgan fingerprint density at radius 3 is 2.80 bits per heavy atom. The molecule has 4 unspecified atom stereocenters. The molecule has 3 aliphatic heterocycles. The maximum atomic E-state index is 11.9. The molecule has 5 nitrogen and oxygen atoms in total. The van der Waals surface area contributed by atoms with Gasteiger partial charge in [-0.15, -0.1) is 0 Å². The van der Waals surface area contributed by atoms with Crippen LogP contribution in [0, 0.1) is 5.92 Å². The van der Waals surface area contributed by atoms with Crippen LogP contribution in [0.3, 0.4) is 0 Å². The van der Waals surface area contributed by atoms with E-state index in [1.807, 2.05) is 19.9 Å². The fourth-order valence-electron chi connectivity index (χ4n) is 4.06. The Hall–Kier alpha value is -1.88. The molecule has 136 valence electrons. The van der Waals surface area contributed by atoms with Crippen LogP contribution >= 0.6 is 0 Å². The van der Waals surface area contributed by atoms with Crippen LogP contribution in [0.5, 0.6) is 0 Å². The number of hydrogen-bond acceptors (Lipinski definition) is 4. The first-order valence-electron chi connectivity index (χ1n) is 8.97. The van der Waals surface area contributed by atoms with Crippen LogP contribution in [-0.2, 0) is 19.1 Å². The minimum Gasteiger partial charge on any atom is -0.478 e. The number of carbonyl (C=O) groups excluding carboxylic acids is 1. The van der Waals surface area contributed by atoms with Crippen LogP contribution in [0.2, 0.25) is 0 Å². The molecule has 3 aliphatic rings. The van der Waals surface area contributed by atoms with Crippen molar-refractivity contribution in [2.45, 2.75) is 70.2 Å². The lowest BCUT2D eigenvalue weighted by Crippen LogP contribution is -2.29. The third-order valence-corrected chi connectivity index (χ3v) is 5.64. The minimum atomic E-state index is -0.898. The molecule has 4 atom stereocenters. The number of carboxylic acid groups (broad SMARTS) is 1. The first-order valence-corrected chi connectivity index (χ1v) is 8.97. The molecule has 2 saturated heterocycles. The molecule has 2 bridgehead atoms. The number of allylic oxidation sites excluding steroid dienone is 2. The van der Waals surface area contributed by atoms with Crippen molar-refractivity contribution in [1.82, 2.24) is 0 Å². The second-order valence-corrected chi connectivity index (χ2v) is 7.65. The Morgan fingerprint density at radius 1 is 1.36 bits per heavy atom. The summed E-state index contributed by atoms with van der Waals surface area (Å²) >= 11 is 0. The van der Waals surface area contributed by atoms with Crippen LogP contribution in [0.25, 0.3) is 0 Å². The first kappa shape index (κ1) is 17.9. The standard InChI is InChI=1S/C20H26O5/c1-12-5-4-6-15(18(21)22)16-8-10-20(3,25-16)9-7-14-13(2)19(23)24-17(14)11-12/h6,11,14,16-17H,2,4-5,7-10H2,1,3H3,(H,21,22). The monoisotopic (exact) mass is 346 g/mol. The van der Waals surface area contributed by atoms with E-state index in [9.17, 15) is 14.7 Å². The smallest absolute Gasteiger partial charge is 0.334 e. The second-order valence-electron chi connectivity index (χ2n) is 7.65. The summed E-state index contributed by atoms with van der Waals surface area (Å²) in [7, 11) is 0. The molecule has 1 N–H and O–H groups in total. The summed E-state index contributed by atoms with van der Waals surface area (Å²) in [5, 5.41) is 9.53. The highest BCUT2D eigenvalue weighted by Crippen LogP contribution is 2.41. The zero-order chi connectivity index (χ0) is 18.2. The molecule has 0 aromatic carbocycles. The molecule has 0 amide bonds. The zero-order valence-electron chi connectivity index (χ0n) is 14.9. The van der Waals surface area contributed by atoms with Crippen molar-refractivity contribution in [3.8, 4) is 0 Å². The van der Waals surface area contributed by atoms with Gasteiger partial charge >= 0.3 is 11.9 Å². The SMILES string of the molecule is C=C1C(=O)OC2C=C(C)CCC=C(C(=O)O)C3CCC(C)(CCC12)O3. The molecule has 0 spiro atoms. The van der Waals surface area contributed by atoms with Crippen LogP contribution < -0.4 is 0 Å². The van der Waals surface area contributed by atoms with Gasteiger partial charge in [0, 0.05) is 11.5 Å². The maximum absolute atomic E-state index is 11.9. The average molecular weight is 346 g/mol. The second kappa shape index (κ2) is 6.79. The van der Waals surface area contributed by atoms with E-state index in [0.717, 1.165) is 31.3 Å². The van der Waals surface area contributed by atoms with Gasteiger partial charge in [0.2, 0.25) is 0 Å². The van der Waals surface area contributed by atoms with E-state index in [1.54, 1.807) is 6.08 Å². The summed E-state index contributed by atoms with van der Waals surface area (Å²) in [5.41, 5.74) is 1.62. The fraction of sp³-hybridized carbons (Fsp3) is 0.600. The van der Waals surface area contributed by atoms with Crippen molar-refractivity contribution in [2.24, 2.45) is 5.92 Å². The molecule has 0 radical (unpaired) electrons. The number of esters is 1. The van der Waals surface area contributed by atoms with Gasteiger partial charge in [0.05, 0.1) is 17.3 Å². The van der Waals surface area contributed by atoms with E-state index >= 15 is 0 Å². The molecular formula is C20H26O5. The molecule has 5 heteroatoms. The average Bonchev–Trinajstić information content (AvgIpc) is 3.03. The molecule has 0 aliphatic carbocycles. The predicted octanol–water partition coefficient (Wildman–Crippen LogP) is 3.55. The highest BCUT2D eigenvalue weighted by molar-refractivity contribution is 5.91. The highest BCUT2D eigenvalue weighted by Gasteiger charge is 2.42. The lowest BCUT2D eigenvalue weighted by atomic mass is 9.85. The predicted molar refractivity (Wildman–Crippen MR) is 93.0 cm³/mol. The van der Waals surface area contributed by atoms with Crippen molar-refractivity contribution in [2.75, 3.05) is 0 Å². The van der Waals surface area contributed by atoms with Crippen molar-refractivity contribution >= 4 is 11.9 Å². The van der Waals surface area contributed by atoms with Crippen LogP contribution in [0.15, 0.2) is 35.5 Å². The molecule has 3 rings (SSSR count). The summed E-state index contributed by atoms with van der Waals surface area (Å²) in [5.74, 6) is -1.24. The first-order chi connectivity index (χ1) is 11.8. The number of rotatable bonds is 1. The Balaban J connectivity index is 1.89. The summed E-state index contributed by atoms with van der Waals surface area (Å²) in [4.78, 5) is 23.6. The number of aliphatic carboxylic acids is 1. The molecule has 0 aromatic heterocycles. The van der Waals surface area contributed by atoms with Crippen LogP contribution in [-0.4, -0.2) is 34.9 Å². The molecule has 2 fully saturated rings. The largest absolute Gasteiger partial charge is 0.478 e. The lowest BCUT2D eigenvalue weighted by molar-refractivity contribution is -0.137. The Labute approximate surface area is 148 Å². The van der Waals surface area contributed by atoms with Crippen molar-refractivity contribution in [3.05, 3.63) is 35.5 Å². The Bertz CT molecular complexity index is 659. The Kier molecular flexibility index (Phi) is 4.87. The van der Waals surface area contributed by atoms with Gasteiger partial charge in [-0.2, -0.15) is 0 Å². The number of ether oxygens (including phenoxy) is 2. The number of hydrogen-bond donors (Lipinski definition) is 1. The minimum absolute atomic E-state index is 0.0328. The lowest BCUT2D eigenvalue weighted by Gasteiger charge is -2.27.